The summed E-state index contributed by atoms with van der Waals surface area (Å²) in [4.78, 5) is 20.7. The van der Waals surface area contributed by atoms with Gasteiger partial charge in [0.2, 0.25) is 5.91 Å². The molecular formula is C13H22N4OS. The summed E-state index contributed by atoms with van der Waals surface area (Å²) in [6.07, 6.45) is 1.37. The van der Waals surface area contributed by atoms with Crippen LogP contribution in [0.3, 0.4) is 0 Å². The lowest BCUT2D eigenvalue weighted by Gasteiger charge is -2.34. The number of hydrogen-bond donors (Lipinski definition) is 1. The van der Waals surface area contributed by atoms with Crippen molar-refractivity contribution >= 4 is 17.2 Å². The molecule has 6 heteroatoms. The third kappa shape index (κ3) is 4.26. The first kappa shape index (κ1) is 14.4. The number of nitrogens with two attached hydrogens (primary N) is 1. The lowest BCUT2D eigenvalue weighted by atomic mass is 10.2. The quantitative estimate of drug-likeness (QED) is 0.869. The smallest absolute Gasteiger partial charge is 0.222 e. The van der Waals surface area contributed by atoms with Crippen LogP contribution in [-0.2, 0) is 11.3 Å². The van der Waals surface area contributed by atoms with Crippen molar-refractivity contribution in [3.05, 3.63) is 16.1 Å². The van der Waals surface area contributed by atoms with E-state index in [2.05, 4.69) is 15.3 Å². The number of carbonyl (C=O) groups excluding carboxylic acids is 1. The molecule has 5 nitrogen and oxygen atoms in total. The first-order valence-corrected chi connectivity index (χ1v) is 7.68. The van der Waals surface area contributed by atoms with Gasteiger partial charge in [-0.1, -0.05) is 0 Å². The van der Waals surface area contributed by atoms with Crippen molar-refractivity contribution in [3.63, 3.8) is 0 Å². The van der Waals surface area contributed by atoms with Crippen LogP contribution in [0.15, 0.2) is 5.38 Å². The molecule has 1 aromatic rings. The maximum absolute atomic E-state index is 11.9. The Kier molecular flexibility index (Phi) is 5.30. The predicted octanol–water partition coefficient (Wildman–Crippen LogP) is 0.835. The van der Waals surface area contributed by atoms with Crippen molar-refractivity contribution in [1.29, 1.82) is 0 Å². The van der Waals surface area contributed by atoms with Gasteiger partial charge in [0.05, 0.1) is 10.7 Å². The number of piperazine rings is 1. The summed E-state index contributed by atoms with van der Waals surface area (Å²) in [6.45, 7) is 7.04. The Hall–Kier alpha value is -0.980. The summed E-state index contributed by atoms with van der Waals surface area (Å²) in [5.74, 6) is 0.245. The summed E-state index contributed by atoms with van der Waals surface area (Å²) < 4.78 is 0. The molecule has 0 radical (unpaired) electrons. The Balaban J connectivity index is 1.74. The van der Waals surface area contributed by atoms with Gasteiger partial charge in [-0.3, -0.25) is 9.69 Å². The summed E-state index contributed by atoms with van der Waals surface area (Å²) >= 11 is 1.69. The van der Waals surface area contributed by atoms with Gasteiger partial charge in [0.15, 0.2) is 0 Å². The third-order valence-electron chi connectivity index (χ3n) is 3.37. The SMILES string of the molecule is Cc1nc(CN2CCN(C(=O)CCCN)CC2)cs1. The van der Waals surface area contributed by atoms with Crippen LogP contribution in [0.25, 0.3) is 0 Å². The number of aromatic nitrogens is 1. The van der Waals surface area contributed by atoms with E-state index in [1.165, 1.54) is 0 Å². The summed E-state index contributed by atoms with van der Waals surface area (Å²) in [5.41, 5.74) is 6.58. The standard InChI is InChI=1S/C13H22N4OS/c1-11-15-12(10-19-11)9-16-5-7-17(8-6-16)13(18)3-2-4-14/h10H,2-9,14H2,1H3. The van der Waals surface area contributed by atoms with Crippen molar-refractivity contribution in [2.45, 2.75) is 26.3 Å². The molecule has 0 saturated carbocycles. The maximum Gasteiger partial charge on any atom is 0.222 e. The molecule has 1 fully saturated rings. The van der Waals surface area contributed by atoms with Gasteiger partial charge in [-0.05, 0) is 19.9 Å². The van der Waals surface area contributed by atoms with Gasteiger partial charge >= 0.3 is 0 Å². The van der Waals surface area contributed by atoms with E-state index >= 15 is 0 Å². The van der Waals surface area contributed by atoms with Gasteiger partial charge in [0, 0.05) is 44.5 Å². The molecule has 0 bridgehead atoms. The van der Waals surface area contributed by atoms with Gasteiger partial charge in [-0.2, -0.15) is 0 Å². The number of aryl methyl sites for hydroxylation is 1. The zero-order chi connectivity index (χ0) is 13.7. The topological polar surface area (TPSA) is 62.5 Å². The van der Waals surface area contributed by atoms with Crippen LogP contribution >= 0.6 is 11.3 Å². The maximum atomic E-state index is 11.9. The molecule has 0 aliphatic carbocycles. The molecule has 19 heavy (non-hydrogen) atoms. The number of amides is 1. The molecule has 106 valence electrons. The number of nitrogens with zero attached hydrogens (tertiary/aromatic N) is 3. The number of thiazole rings is 1. The van der Waals surface area contributed by atoms with Crippen LogP contribution in [-0.4, -0.2) is 53.4 Å². The van der Waals surface area contributed by atoms with Gasteiger partial charge in [-0.25, -0.2) is 4.98 Å². The monoisotopic (exact) mass is 282 g/mol. The number of carbonyl (C=O) groups is 1. The zero-order valence-corrected chi connectivity index (χ0v) is 12.3. The highest BCUT2D eigenvalue weighted by Gasteiger charge is 2.20. The second-order valence-electron chi connectivity index (χ2n) is 4.91. The Morgan fingerprint density at radius 3 is 2.74 bits per heavy atom. The Bertz CT molecular complexity index is 413. The van der Waals surface area contributed by atoms with Crippen molar-refractivity contribution < 1.29 is 4.79 Å². The van der Waals surface area contributed by atoms with E-state index in [1.807, 2.05) is 11.8 Å². The van der Waals surface area contributed by atoms with E-state index in [-0.39, 0.29) is 5.91 Å². The number of hydrogen-bond acceptors (Lipinski definition) is 5. The Morgan fingerprint density at radius 1 is 1.42 bits per heavy atom. The fraction of sp³-hybridized carbons (Fsp3) is 0.692. The first-order valence-electron chi connectivity index (χ1n) is 6.80. The second-order valence-corrected chi connectivity index (χ2v) is 5.97. The van der Waals surface area contributed by atoms with Crippen molar-refractivity contribution in [3.8, 4) is 0 Å². The lowest BCUT2D eigenvalue weighted by Crippen LogP contribution is -2.48. The van der Waals surface area contributed by atoms with Crippen molar-refractivity contribution in [1.82, 2.24) is 14.8 Å². The fourth-order valence-corrected chi connectivity index (χ4v) is 2.88. The van der Waals surface area contributed by atoms with Gasteiger partial charge < -0.3 is 10.6 Å². The van der Waals surface area contributed by atoms with Gasteiger partial charge in [-0.15, -0.1) is 11.3 Å². The van der Waals surface area contributed by atoms with E-state index in [1.54, 1.807) is 11.3 Å². The first-order chi connectivity index (χ1) is 9.19. The van der Waals surface area contributed by atoms with E-state index in [0.29, 0.717) is 13.0 Å². The number of rotatable bonds is 5. The van der Waals surface area contributed by atoms with Gasteiger partial charge in [0.1, 0.15) is 0 Å². The minimum atomic E-state index is 0.245. The van der Waals surface area contributed by atoms with Crippen molar-refractivity contribution in [2.75, 3.05) is 32.7 Å². The van der Waals surface area contributed by atoms with Crippen LogP contribution < -0.4 is 5.73 Å². The largest absolute Gasteiger partial charge is 0.340 e. The molecule has 0 atom stereocenters. The minimum Gasteiger partial charge on any atom is -0.340 e. The summed E-state index contributed by atoms with van der Waals surface area (Å²) in [5, 5.41) is 3.24. The molecule has 2 rings (SSSR count). The van der Waals surface area contributed by atoms with Gasteiger partial charge in [0.25, 0.3) is 0 Å². The highest BCUT2D eigenvalue weighted by Crippen LogP contribution is 2.12. The van der Waals surface area contributed by atoms with E-state index in [0.717, 1.165) is 49.8 Å². The highest BCUT2D eigenvalue weighted by molar-refractivity contribution is 7.09. The Morgan fingerprint density at radius 2 is 2.16 bits per heavy atom. The van der Waals surface area contributed by atoms with Crippen LogP contribution in [0.5, 0.6) is 0 Å². The summed E-state index contributed by atoms with van der Waals surface area (Å²) in [7, 11) is 0. The zero-order valence-electron chi connectivity index (χ0n) is 11.5. The molecule has 1 aliphatic rings. The fourth-order valence-electron chi connectivity index (χ4n) is 2.28. The van der Waals surface area contributed by atoms with Crippen LogP contribution in [0.2, 0.25) is 0 Å². The summed E-state index contributed by atoms with van der Waals surface area (Å²) in [6, 6.07) is 0. The molecule has 0 unspecified atom stereocenters. The van der Waals surface area contributed by atoms with E-state index in [4.69, 9.17) is 5.73 Å². The third-order valence-corrected chi connectivity index (χ3v) is 4.19. The van der Waals surface area contributed by atoms with Crippen LogP contribution in [0.4, 0.5) is 0 Å². The van der Waals surface area contributed by atoms with E-state index < -0.39 is 0 Å². The van der Waals surface area contributed by atoms with Crippen molar-refractivity contribution in [2.24, 2.45) is 5.73 Å². The Labute approximate surface area is 118 Å². The van der Waals surface area contributed by atoms with Crippen LogP contribution in [0.1, 0.15) is 23.5 Å². The van der Waals surface area contributed by atoms with E-state index in [9.17, 15) is 4.79 Å². The molecule has 1 aliphatic heterocycles. The minimum absolute atomic E-state index is 0.245. The molecule has 0 aromatic carbocycles. The molecule has 1 saturated heterocycles. The molecule has 2 N–H and O–H groups in total. The molecule has 0 spiro atoms. The molecular weight excluding hydrogens is 260 g/mol. The molecule has 1 aromatic heterocycles. The normalized spacial score (nSPS) is 16.8. The average molecular weight is 282 g/mol. The lowest BCUT2D eigenvalue weighted by molar-refractivity contribution is -0.133. The second kappa shape index (κ2) is 6.98. The average Bonchev–Trinajstić information content (AvgIpc) is 2.82. The van der Waals surface area contributed by atoms with Crippen LogP contribution in [0, 0.1) is 6.92 Å². The predicted molar refractivity (Wildman–Crippen MR) is 77.0 cm³/mol. The molecule has 2 heterocycles. The highest BCUT2D eigenvalue weighted by atomic mass is 32.1. The molecule has 1 amide bonds.